The van der Waals surface area contributed by atoms with Crippen LogP contribution in [0.3, 0.4) is 0 Å². The molecule has 0 bridgehead atoms. The molecule has 1 aromatic carbocycles. The molecule has 1 fully saturated rings. The van der Waals surface area contributed by atoms with Gasteiger partial charge in [0.1, 0.15) is 0 Å². The van der Waals surface area contributed by atoms with Crippen molar-refractivity contribution in [2.24, 2.45) is 5.73 Å². The summed E-state index contributed by atoms with van der Waals surface area (Å²) in [5.41, 5.74) is 8.85. The van der Waals surface area contributed by atoms with Gasteiger partial charge in [-0.2, -0.15) is 0 Å². The van der Waals surface area contributed by atoms with Gasteiger partial charge in [-0.1, -0.05) is 29.8 Å². The second-order valence-electron chi connectivity index (χ2n) is 6.51. The minimum absolute atomic E-state index is 0.169. The van der Waals surface area contributed by atoms with Gasteiger partial charge < -0.3 is 10.6 Å². The molecule has 19 heavy (non-hydrogen) atoms. The zero-order chi connectivity index (χ0) is 14.0. The van der Waals surface area contributed by atoms with Gasteiger partial charge in [-0.25, -0.2) is 0 Å². The molecule has 3 heteroatoms. The van der Waals surface area contributed by atoms with Crippen molar-refractivity contribution in [3.8, 4) is 0 Å². The maximum atomic E-state index is 5.99. The second kappa shape index (κ2) is 5.61. The van der Waals surface area contributed by atoms with Crippen molar-refractivity contribution in [1.82, 2.24) is 9.80 Å². The summed E-state index contributed by atoms with van der Waals surface area (Å²) in [6.07, 6.45) is 0. The standard InChI is InChI=1S/C16H27N3/c1-13-5-7-14(8-6-13)10-19-15(9-17)11-18(4)12-16(19,2)3/h5-8,15H,9-12,17H2,1-4H3. The maximum Gasteiger partial charge on any atom is 0.0354 e. The summed E-state index contributed by atoms with van der Waals surface area (Å²) < 4.78 is 0. The smallest absolute Gasteiger partial charge is 0.0354 e. The van der Waals surface area contributed by atoms with Crippen LogP contribution < -0.4 is 5.73 Å². The van der Waals surface area contributed by atoms with E-state index in [9.17, 15) is 0 Å². The molecule has 2 N–H and O–H groups in total. The number of likely N-dealkylation sites (N-methyl/N-ethyl adjacent to an activating group) is 1. The fourth-order valence-electron chi connectivity index (χ4n) is 3.20. The van der Waals surface area contributed by atoms with E-state index in [-0.39, 0.29) is 5.54 Å². The van der Waals surface area contributed by atoms with Gasteiger partial charge in [-0.05, 0) is 33.4 Å². The third-order valence-electron chi connectivity index (χ3n) is 4.14. The van der Waals surface area contributed by atoms with Gasteiger partial charge >= 0.3 is 0 Å². The molecule has 1 heterocycles. The molecule has 1 unspecified atom stereocenters. The van der Waals surface area contributed by atoms with Crippen LogP contribution in [-0.2, 0) is 6.54 Å². The largest absolute Gasteiger partial charge is 0.329 e. The summed E-state index contributed by atoms with van der Waals surface area (Å²) >= 11 is 0. The molecule has 0 amide bonds. The zero-order valence-electron chi connectivity index (χ0n) is 12.7. The first-order chi connectivity index (χ1) is 8.92. The number of rotatable bonds is 3. The number of piperazine rings is 1. The van der Waals surface area contributed by atoms with Crippen molar-refractivity contribution >= 4 is 0 Å². The first-order valence-electron chi connectivity index (χ1n) is 7.13. The minimum Gasteiger partial charge on any atom is -0.329 e. The molecule has 1 atom stereocenters. The van der Waals surface area contributed by atoms with Crippen molar-refractivity contribution in [1.29, 1.82) is 0 Å². The van der Waals surface area contributed by atoms with Crippen molar-refractivity contribution in [3.05, 3.63) is 35.4 Å². The average Bonchev–Trinajstić information content (AvgIpc) is 2.34. The minimum atomic E-state index is 0.169. The molecule has 1 aliphatic heterocycles. The van der Waals surface area contributed by atoms with Crippen LogP contribution in [0.1, 0.15) is 25.0 Å². The Morgan fingerprint density at radius 1 is 1.26 bits per heavy atom. The van der Waals surface area contributed by atoms with Crippen LogP contribution >= 0.6 is 0 Å². The number of hydrogen-bond acceptors (Lipinski definition) is 3. The Morgan fingerprint density at radius 3 is 2.47 bits per heavy atom. The topological polar surface area (TPSA) is 32.5 Å². The van der Waals surface area contributed by atoms with Gasteiger partial charge in [0.15, 0.2) is 0 Å². The lowest BCUT2D eigenvalue weighted by Crippen LogP contribution is -2.64. The zero-order valence-corrected chi connectivity index (χ0v) is 12.7. The third-order valence-corrected chi connectivity index (χ3v) is 4.14. The fourth-order valence-corrected chi connectivity index (χ4v) is 3.20. The molecule has 0 saturated carbocycles. The van der Waals surface area contributed by atoms with E-state index < -0.39 is 0 Å². The van der Waals surface area contributed by atoms with Crippen LogP contribution in [0.4, 0.5) is 0 Å². The van der Waals surface area contributed by atoms with Crippen molar-refractivity contribution in [2.75, 3.05) is 26.7 Å². The lowest BCUT2D eigenvalue weighted by atomic mass is 9.94. The number of aryl methyl sites for hydroxylation is 1. The number of benzene rings is 1. The highest BCUT2D eigenvalue weighted by molar-refractivity contribution is 5.21. The predicted octanol–water partition coefficient (Wildman–Crippen LogP) is 1.85. The van der Waals surface area contributed by atoms with Crippen molar-refractivity contribution in [3.63, 3.8) is 0 Å². The van der Waals surface area contributed by atoms with E-state index in [1.165, 1.54) is 11.1 Å². The summed E-state index contributed by atoms with van der Waals surface area (Å²) in [5, 5.41) is 0. The maximum absolute atomic E-state index is 5.99. The molecule has 0 aliphatic carbocycles. The van der Waals surface area contributed by atoms with Crippen LogP contribution in [0.5, 0.6) is 0 Å². The Labute approximate surface area is 117 Å². The molecule has 1 saturated heterocycles. The quantitative estimate of drug-likeness (QED) is 0.901. The van der Waals surface area contributed by atoms with Gasteiger partial charge in [-0.3, -0.25) is 4.90 Å². The SMILES string of the molecule is Cc1ccc(CN2C(CN)CN(C)CC2(C)C)cc1. The highest BCUT2D eigenvalue weighted by atomic mass is 15.3. The normalized spacial score (nSPS) is 24.6. The van der Waals surface area contributed by atoms with E-state index in [4.69, 9.17) is 5.73 Å². The number of nitrogens with two attached hydrogens (primary N) is 1. The summed E-state index contributed by atoms with van der Waals surface area (Å²) in [6, 6.07) is 9.29. The van der Waals surface area contributed by atoms with E-state index in [0.717, 1.165) is 26.2 Å². The van der Waals surface area contributed by atoms with Gasteiger partial charge in [0, 0.05) is 37.8 Å². The van der Waals surface area contributed by atoms with Gasteiger partial charge in [0.2, 0.25) is 0 Å². The predicted molar refractivity (Wildman–Crippen MR) is 81.1 cm³/mol. The molecule has 106 valence electrons. The average molecular weight is 261 g/mol. The van der Waals surface area contributed by atoms with Crippen molar-refractivity contribution < 1.29 is 0 Å². The van der Waals surface area contributed by atoms with Gasteiger partial charge in [-0.15, -0.1) is 0 Å². The molecular weight excluding hydrogens is 234 g/mol. The monoisotopic (exact) mass is 261 g/mol. The van der Waals surface area contributed by atoms with Crippen LogP contribution in [-0.4, -0.2) is 48.1 Å². The first kappa shape index (κ1) is 14.5. The van der Waals surface area contributed by atoms with Crippen molar-refractivity contribution in [2.45, 2.75) is 38.9 Å². The van der Waals surface area contributed by atoms with Crippen LogP contribution in [0.25, 0.3) is 0 Å². The summed E-state index contributed by atoms with van der Waals surface area (Å²) in [4.78, 5) is 4.96. The Hall–Kier alpha value is -0.900. The van der Waals surface area contributed by atoms with E-state index in [1.54, 1.807) is 0 Å². The third kappa shape index (κ3) is 3.35. The molecule has 3 nitrogen and oxygen atoms in total. The first-order valence-corrected chi connectivity index (χ1v) is 7.13. The van der Waals surface area contributed by atoms with Gasteiger partial charge in [0.25, 0.3) is 0 Å². The highest BCUT2D eigenvalue weighted by Crippen LogP contribution is 2.26. The van der Waals surface area contributed by atoms with Gasteiger partial charge in [0.05, 0.1) is 0 Å². The molecule has 0 spiro atoms. The second-order valence-corrected chi connectivity index (χ2v) is 6.51. The Kier molecular flexibility index (Phi) is 4.29. The number of nitrogens with zero attached hydrogens (tertiary/aromatic N) is 2. The Balaban J connectivity index is 2.17. The summed E-state index contributed by atoms with van der Waals surface area (Å²) in [7, 11) is 2.19. The fraction of sp³-hybridized carbons (Fsp3) is 0.625. The molecule has 2 rings (SSSR count). The van der Waals surface area contributed by atoms with E-state index in [0.29, 0.717) is 6.04 Å². The Morgan fingerprint density at radius 2 is 1.89 bits per heavy atom. The highest BCUT2D eigenvalue weighted by Gasteiger charge is 2.37. The van der Waals surface area contributed by atoms with Crippen LogP contribution in [0.15, 0.2) is 24.3 Å². The molecule has 1 aromatic rings. The lowest BCUT2D eigenvalue weighted by Gasteiger charge is -2.51. The summed E-state index contributed by atoms with van der Waals surface area (Å²) in [6.45, 7) is 10.6. The van der Waals surface area contributed by atoms with E-state index >= 15 is 0 Å². The Bertz CT molecular complexity index is 411. The number of hydrogen-bond donors (Lipinski definition) is 1. The van der Waals surface area contributed by atoms with E-state index in [1.807, 2.05) is 0 Å². The molecular formula is C16H27N3. The lowest BCUT2D eigenvalue weighted by molar-refractivity contribution is -0.0187. The van der Waals surface area contributed by atoms with Crippen LogP contribution in [0, 0.1) is 6.92 Å². The summed E-state index contributed by atoms with van der Waals surface area (Å²) in [5.74, 6) is 0. The molecule has 0 aromatic heterocycles. The van der Waals surface area contributed by atoms with E-state index in [2.05, 4.69) is 61.9 Å². The molecule has 1 aliphatic rings. The van der Waals surface area contributed by atoms with Crippen LogP contribution in [0.2, 0.25) is 0 Å². The molecule has 0 radical (unpaired) electrons.